The van der Waals surface area contributed by atoms with E-state index in [0.29, 0.717) is 0 Å². The Morgan fingerprint density at radius 1 is 0.305 bits per heavy atom. The topological polar surface area (TPSA) is 55.8 Å². The third-order valence-corrected chi connectivity index (χ3v) is 11.9. The number of rotatable bonds is 5. The Bertz CT molecular complexity index is 3810. The molecule has 0 amide bonds. The smallest absolute Gasteiger partial charge is 0.159 e. The molecule has 0 saturated carbocycles. The maximum atomic E-state index is 7.00. The first-order valence-electron chi connectivity index (χ1n) is 19.8. The number of hydrogen-bond donors (Lipinski definition) is 0. The lowest BCUT2D eigenvalue weighted by molar-refractivity contribution is 0.662. The van der Waals surface area contributed by atoms with Gasteiger partial charge in [0, 0.05) is 65.6 Å². The highest BCUT2D eigenvalue weighted by molar-refractivity contribution is 6.26. The van der Waals surface area contributed by atoms with Gasteiger partial charge in [-0.15, -0.1) is 0 Å². The molecule has 4 heterocycles. The lowest BCUT2D eigenvalue weighted by Gasteiger charge is -2.26. The van der Waals surface area contributed by atoms with Crippen LogP contribution in [-0.4, -0.2) is 0 Å². The summed E-state index contributed by atoms with van der Waals surface area (Å²) in [4.78, 5) is 2.30. The molecule has 59 heavy (non-hydrogen) atoms. The number of para-hydroxylation sites is 5. The maximum Gasteiger partial charge on any atom is 0.159 e. The van der Waals surface area contributed by atoms with Crippen molar-refractivity contribution in [1.29, 1.82) is 0 Å². The summed E-state index contributed by atoms with van der Waals surface area (Å²) < 4.78 is 27.0. The SMILES string of the molecule is c1ccc(-c2cccc(N(c3ccc4oc5c(-c6cccc7c6oc6ccccc67)c6c(cc5c4c3)oc3ccccc36)c3cccc4c3oc3ccccc34)c2)cc1. The quantitative estimate of drug-likeness (QED) is 0.175. The average molecular weight is 758 g/mol. The van der Waals surface area contributed by atoms with Gasteiger partial charge in [0.15, 0.2) is 5.58 Å². The van der Waals surface area contributed by atoms with Crippen LogP contribution in [0.15, 0.2) is 206 Å². The molecule has 13 rings (SSSR count). The van der Waals surface area contributed by atoms with Gasteiger partial charge in [0.25, 0.3) is 0 Å². The van der Waals surface area contributed by atoms with E-state index in [2.05, 4.69) is 150 Å². The standard InChI is InChI=1S/C54H31NO4/c1-2-13-32(14-3-1)33-15-10-16-34(29-33)55(44-23-12-21-39-37-18-5-8-25-46(37)58-53(39)44)35-27-28-48-42(30-35)43-31-49-50(40-19-6-9-26-47(40)56-49)51(54(43)59-48)41-22-11-20-38-36-17-4-7-24-45(36)57-52(38)41/h1-31H. The molecule has 0 radical (unpaired) electrons. The average Bonchev–Trinajstić information content (AvgIpc) is 4.06. The van der Waals surface area contributed by atoms with Gasteiger partial charge in [-0.1, -0.05) is 127 Å². The molecule has 0 fully saturated rings. The van der Waals surface area contributed by atoms with Crippen LogP contribution in [0.4, 0.5) is 17.1 Å². The number of benzene rings is 9. The van der Waals surface area contributed by atoms with Gasteiger partial charge in [-0.2, -0.15) is 0 Å². The number of nitrogens with zero attached hydrogens (tertiary/aromatic N) is 1. The zero-order valence-corrected chi connectivity index (χ0v) is 31.5. The van der Waals surface area contributed by atoms with Gasteiger partial charge in [-0.3, -0.25) is 0 Å². The molecule has 0 aliphatic carbocycles. The molecule has 9 aromatic carbocycles. The highest BCUT2D eigenvalue weighted by Gasteiger charge is 2.26. The number of furan rings is 4. The Labute approximate surface area is 336 Å². The van der Waals surface area contributed by atoms with Crippen LogP contribution in [0.5, 0.6) is 0 Å². The molecule has 0 spiro atoms. The molecular formula is C54H31NO4. The van der Waals surface area contributed by atoms with Crippen molar-refractivity contribution in [3.63, 3.8) is 0 Å². The fourth-order valence-corrected chi connectivity index (χ4v) is 9.23. The minimum absolute atomic E-state index is 0.777. The predicted octanol–water partition coefficient (Wildman–Crippen LogP) is 16.1. The van der Waals surface area contributed by atoms with E-state index in [1.807, 2.05) is 42.5 Å². The zero-order valence-electron chi connectivity index (χ0n) is 31.5. The van der Waals surface area contributed by atoms with E-state index in [1.54, 1.807) is 0 Å². The number of fused-ring (bicyclic) bond motifs is 12. The van der Waals surface area contributed by atoms with Crippen molar-refractivity contribution in [2.45, 2.75) is 0 Å². The molecule has 4 aromatic heterocycles. The second kappa shape index (κ2) is 12.2. The molecule has 0 bridgehead atoms. The summed E-state index contributed by atoms with van der Waals surface area (Å²) >= 11 is 0. The fraction of sp³-hybridized carbons (Fsp3) is 0. The summed E-state index contributed by atoms with van der Waals surface area (Å²) in [5.41, 5.74) is 13.6. The van der Waals surface area contributed by atoms with Crippen molar-refractivity contribution in [1.82, 2.24) is 0 Å². The molecule has 5 nitrogen and oxygen atoms in total. The highest BCUT2D eigenvalue weighted by Crippen LogP contribution is 2.49. The molecule has 0 atom stereocenters. The summed E-state index contributed by atoms with van der Waals surface area (Å²) in [5.74, 6) is 0. The monoisotopic (exact) mass is 757 g/mol. The van der Waals surface area contributed by atoms with Crippen LogP contribution in [0, 0.1) is 0 Å². The lowest BCUT2D eigenvalue weighted by Crippen LogP contribution is -2.10. The third kappa shape index (κ3) is 4.73. The number of hydrogen-bond acceptors (Lipinski definition) is 5. The van der Waals surface area contributed by atoms with Crippen molar-refractivity contribution in [3.8, 4) is 22.3 Å². The van der Waals surface area contributed by atoms with Gasteiger partial charge in [0.2, 0.25) is 0 Å². The Kier molecular flexibility index (Phi) is 6.66. The lowest BCUT2D eigenvalue weighted by atomic mass is 9.95. The van der Waals surface area contributed by atoms with E-state index >= 15 is 0 Å². The summed E-state index contributed by atoms with van der Waals surface area (Å²) in [5, 5.41) is 8.23. The molecule has 13 aromatic rings. The largest absolute Gasteiger partial charge is 0.456 e. The Morgan fingerprint density at radius 2 is 0.881 bits per heavy atom. The maximum absolute atomic E-state index is 7.00. The van der Waals surface area contributed by atoms with E-state index in [1.165, 1.54) is 0 Å². The van der Waals surface area contributed by atoms with Crippen LogP contribution in [0.25, 0.3) is 110 Å². The van der Waals surface area contributed by atoms with E-state index in [4.69, 9.17) is 17.7 Å². The fourth-order valence-electron chi connectivity index (χ4n) is 9.23. The zero-order chi connectivity index (χ0) is 38.6. The molecule has 0 saturated heterocycles. The van der Waals surface area contributed by atoms with Crippen molar-refractivity contribution < 1.29 is 17.7 Å². The second-order valence-corrected chi connectivity index (χ2v) is 15.2. The summed E-state index contributed by atoms with van der Waals surface area (Å²) in [6.45, 7) is 0. The van der Waals surface area contributed by atoms with Crippen LogP contribution in [-0.2, 0) is 0 Å². The summed E-state index contributed by atoms with van der Waals surface area (Å²) in [6, 6.07) is 65.2. The predicted molar refractivity (Wildman–Crippen MR) is 241 cm³/mol. The van der Waals surface area contributed by atoms with Crippen molar-refractivity contribution >= 4 is 105 Å². The van der Waals surface area contributed by atoms with Gasteiger partial charge in [0.05, 0.1) is 5.69 Å². The van der Waals surface area contributed by atoms with Crippen molar-refractivity contribution in [3.05, 3.63) is 188 Å². The number of anilines is 3. The molecule has 0 N–H and O–H groups in total. The van der Waals surface area contributed by atoms with Crippen molar-refractivity contribution in [2.24, 2.45) is 0 Å². The minimum atomic E-state index is 0.777. The van der Waals surface area contributed by atoms with Crippen LogP contribution < -0.4 is 4.90 Å². The van der Waals surface area contributed by atoms with Gasteiger partial charge >= 0.3 is 0 Å². The summed E-state index contributed by atoms with van der Waals surface area (Å²) in [7, 11) is 0. The Morgan fingerprint density at radius 3 is 1.68 bits per heavy atom. The Balaban J connectivity index is 1.10. The minimum Gasteiger partial charge on any atom is -0.456 e. The molecule has 0 aliphatic heterocycles. The van der Waals surface area contributed by atoms with E-state index < -0.39 is 0 Å². The molecular weight excluding hydrogens is 727 g/mol. The first-order valence-corrected chi connectivity index (χ1v) is 19.8. The van der Waals surface area contributed by atoms with Crippen LogP contribution in [0.1, 0.15) is 0 Å². The summed E-state index contributed by atoms with van der Waals surface area (Å²) in [6.07, 6.45) is 0. The van der Waals surface area contributed by atoms with Gasteiger partial charge in [-0.25, -0.2) is 0 Å². The highest BCUT2D eigenvalue weighted by atomic mass is 16.3. The molecule has 0 unspecified atom stereocenters. The van der Waals surface area contributed by atoms with Gasteiger partial charge in [-0.05, 0) is 71.8 Å². The first kappa shape index (κ1) is 32.1. The Hall–Kier alpha value is -8.02. The molecule has 5 heteroatoms. The van der Waals surface area contributed by atoms with E-state index in [-0.39, 0.29) is 0 Å². The first-order chi connectivity index (χ1) is 29.2. The van der Waals surface area contributed by atoms with E-state index in [0.717, 1.165) is 127 Å². The van der Waals surface area contributed by atoms with E-state index in [9.17, 15) is 0 Å². The van der Waals surface area contributed by atoms with Crippen LogP contribution in [0.2, 0.25) is 0 Å². The third-order valence-electron chi connectivity index (χ3n) is 11.9. The van der Waals surface area contributed by atoms with Crippen molar-refractivity contribution in [2.75, 3.05) is 4.90 Å². The molecule has 276 valence electrons. The normalized spacial score (nSPS) is 12.1. The molecule has 0 aliphatic rings. The van der Waals surface area contributed by atoms with Crippen LogP contribution in [0.3, 0.4) is 0 Å². The van der Waals surface area contributed by atoms with Gasteiger partial charge < -0.3 is 22.6 Å². The second-order valence-electron chi connectivity index (χ2n) is 15.2. The van der Waals surface area contributed by atoms with Gasteiger partial charge in [0.1, 0.15) is 39.1 Å². The van der Waals surface area contributed by atoms with Crippen LogP contribution >= 0.6 is 0 Å².